The third-order valence-corrected chi connectivity index (χ3v) is 7.59. The van der Waals surface area contributed by atoms with Gasteiger partial charge in [-0.1, -0.05) is 138 Å². The second-order valence-electron chi connectivity index (χ2n) is 11.1. The minimum absolute atomic E-state index is 0.0167. The minimum atomic E-state index is -4.34. The van der Waals surface area contributed by atoms with Crippen LogP contribution in [0.15, 0.2) is 72.8 Å². The monoisotopic (exact) mass is 568 g/mol. The second kappa shape index (κ2) is 17.4. The highest BCUT2D eigenvalue weighted by atomic mass is 19.4. The first-order valence-corrected chi connectivity index (χ1v) is 15.4. The molecular weight excluding hydrogens is 521 g/mol. The Balaban J connectivity index is 1.50. The summed E-state index contributed by atoms with van der Waals surface area (Å²) in [6.07, 6.45) is 3.69. The van der Waals surface area contributed by atoms with Crippen molar-refractivity contribution >= 4 is 0 Å². The molecule has 0 unspecified atom stereocenters. The van der Waals surface area contributed by atoms with E-state index < -0.39 is 12.3 Å². The van der Waals surface area contributed by atoms with Crippen LogP contribution in [0.4, 0.5) is 13.2 Å². The highest BCUT2D eigenvalue weighted by Crippen LogP contribution is 2.29. The Morgan fingerprint density at radius 3 is 1.34 bits per heavy atom. The summed E-state index contributed by atoms with van der Waals surface area (Å²) in [5, 5.41) is 0. The van der Waals surface area contributed by atoms with Gasteiger partial charge in [0.05, 0.1) is 19.3 Å². The van der Waals surface area contributed by atoms with Crippen LogP contribution in [0, 0.1) is 0 Å². The Hall–Kier alpha value is -2.63. The summed E-state index contributed by atoms with van der Waals surface area (Å²) in [5.41, 5.74) is 6.27. The largest absolute Gasteiger partial charge is 0.414 e. The van der Waals surface area contributed by atoms with Gasteiger partial charge in [0.25, 0.3) is 0 Å². The molecule has 5 heteroatoms. The van der Waals surface area contributed by atoms with Crippen molar-refractivity contribution in [3.63, 3.8) is 0 Å². The Bertz CT molecular complexity index is 1110. The van der Waals surface area contributed by atoms with Gasteiger partial charge in [0.15, 0.2) is 6.10 Å². The van der Waals surface area contributed by atoms with Crippen LogP contribution in [0.1, 0.15) is 96.1 Å². The van der Waals surface area contributed by atoms with Crippen LogP contribution in [0.2, 0.25) is 0 Å². The van der Waals surface area contributed by atoms with Crippen molar-refractivity contribution in [3.8, 4) is 22.3 Å². The fourth-order valence-electron chi connectivity index (χ4n) is 4.92. The van der Waals surface area contributed by atoms with Gasteiger partial charge in [0, 0.05) is 0 Å². The van der Waals surface area contributed by atoms with Crippen LogP contribution in [0.3, 0.4) is 0 Å². The lowest BCUT2D eigenvalue weighted by atomic mass is 9.99. The molecule has 41 heavy (non-hydrogen) atoms. The zero-order chi connectivity index (χ0) is 29.5. The average Bonchev–Trinajstić information content (AvgIpc) is 2.98. The van der Waals surface area contributed by atoms with E-state index in [-0.39, 0.29) is 19.1 Å². The van der Waals surface area contributed by atoms with Gasteiger partial charge in [-0.2, -0.15) is 13.2 Å². The summed E-state index contributed by atoms with van der Waals surface area (Å²) in [6, 6.07) is 24.5. The molecule has 0 bridgehead atoms. The molecule has 2 nitrogen and oxygen atoms in total. The number of ether oxygens (including phenoxy) is 2. The highest BCUT2D eigenvalue weighted by molar-refractivity contribution is 5.70. The summed E-state index contributed by atoms with van der Waals surface area (Å²) in [4.78, 5) is 0. The van der Waals surface area contributed by atoms with Crippen molar-refractivity contribution in [1.82, 2.24) is 0 Å². The van der Waals surface area contributed by atoms with E-state index in [0.717, 1.165) is 53.5 Å². The number of hydrogen-bond donors (Lipinski definition) is 0. The summed E-state index contributed by atoms with van der Waals surface area (Å²) in [7, 11) is 0. The summed E-state index contributed by atoms with van der Waals surface area (Å²) in [6.45, 7) is 7.01. The van der Waals surface area contributed by atoms with Gasteiger partial charge in [-0.25, -0.2) is 0 Å². The maximum absolute atomic E-state index is 13.4. The van der Waals surface area contributed by atoms with Crippen molar-refractivity contribution < 1.29 is 22.6 Å². The molecule has 0 aromatic heterocycles. The fourth-order valence-corrected chi connectivity index (χ4v) is 4.92. The molecule has 0 saturated carbocycles. The lowest BCUT2D eigenvalue weighted by Gasteiger charge is -2.21. The predicted molar refractivity (Wildman–Crippen MR) is 164 cm³/mol. The topological polar surface area (TPSA) is 18.5 Å². The van der Waals surface area contributed by atoms with E-state index in [2.05, 4.69) is 62.4 Å². The van der Waals surface area contributed by atoms with Crippen LogP contribution in [0.5, 0.6) is 0 Å². The number of hydrogen-bond acceptors (Lipinski definition) is 2. The molecule has 0 heterocycles. The third-order valence-electron chi connectivity index (χ3n) is 7.59. The summed E-state index contributed by atoms with van der Waals surface area (Å²) < 4.78 is 51.5. The Morgan fingerprint density at radius 2 is 0.927 bits per heavy atom. The van der Waals surface area contributed by atoms with Crippen molar-refractivity contribution in [2.75, 3.05) is 0 Å². The maximum Gasteiger partial charge on any atom is 0.414 e. The molecule has 0 N–H and O–H groups in total. The zero-order valence-corrected chi connectivity index (χ0v) is 25.0. The van der Waals surface area contributed by atoms with Gasteiger partial charge in [0.1, 0.15) is 0 Å². The highest BCUT2D eigenvalue weighted by Gasteiger charge is 2.40. The second-order valence-corrected chi connectivity index (χ2v) is 11.1. The van der Waals surface area contributed by atoms with Crippen molar-refractivity contribution in [2.24, 2.45) is 0 Å². The van der Waals surface area contributed by atoms with E-state index in [1.807, 2.05) is 31.2 Å². The summed E-state index contributed by atoms with van der Waals surface area (Å²) >= 11 is 0. The van der Waals surface area contributed by atoms with E-state index in [1.165, 1.54) is 31.2 Å². The maximum atomic E-state index is 13.4. The summed E-state index contributed by atoms with van der Waals surface area (Å²) in [5.74, 6) is 0. The molecule has 3 aromatic rings. The smallest absolute Gasteiger partial charge is 0.374 e. The van der Waals surface area contributed by atoms with Crippen molar-refractivity contribution in [1.29, 1.82) is 0 Å². The van der Waals surface area contributed by atoms with E-state index in [9.17, 15) is 13.2 Å². The molecular formula is C36H47F3O2. The van der Waals surface area contributed by atoms with Crippen LogP contribution in [-0.2, 0) is 22.7 Å². The SMILES string of the molecule is CCCCCC[C@H](C)OCc1ccc(-c2ccc(-c3ccc(CO[C@H](CCCCCC)C(F)(F)F)cc3)cc2)cc1. The molecule has 3 rings (SSSR count). The lowest BCUT2D eigenvalue weighted by molar-refractivity contribution is -0.225. The Labute approximate surface area is 245 Å². The molecule has 0 amide bonds. The molecule has 224 valence electrons. The van der Waals surface area contributed by atoms with Gasteiger partial charge in [-0.3, -0.25) is 0 Å². The Kier molecular flexibility index (Phi) is 13.9. The first-order chi connectivity index (χ1) is 19.8. The quantitative estimate of drug-likeness (QED) is 0.142. The third kappa shape index (κ3) is 11.6. The molecule has 0 aliphatic carbocycles. The molecule has 2 atom stereocenters. The minimum Gasteiger partial charge on any atom is -0.374 e. The van der Waals surface area contributed by atoms with Gasteiger partial charge >= 0.3 is 6.18 Å². The van der Waals surface area contributed by atoms with E-state index in [1.54, 1.807) is 0 Å². The lowest BCUT2D eigenvalue weighted by Crippen LogP contribution is -2.31. The molecule has 3 aromatic carbocycles. The predicted octanol–water partition coefficient (Wildman–Crippen LogP) is 11.3. The standard InChI is InChI=1S/C36H47F3O2/c1-4-6-8-10-12-28(3)40-26-29-14-18-31(19-15-29)33-22-24-34(25-23-33)32-20-16-30(17-21-32)27-41-35(36(37,38)39)13-11-9-7-5-2/h14-25,28,35H,4-13,26-27H2,1-3H3/t28-,35+/m0/s1. The van der Waals surface area contributed by atoms with Gasteiger partial charge in [0.2, 0.25) is 0 Å². The molecule has 0 radical (unpaired) electrons. The first-order valence-electron chi connectivity index (χ1n) is 15.4. The van der Waals surface area contributed by atoms with Gasteiger partial charge < -0.3 is 9.47 Å². The molecule has 0 saturated heterocycles. The number of alkyl halides is 3. The number of unbranched alkanes of at least 4 members (excludes halogenated alkanes) is 6. The first kappa shape index (κ1) is 32.9. The molecule has 0 spiro atoms. The number of halogens is 3. The van der Waals surface area contributed by atoms with Crippen LogP contribution < -0.4 is 0 Å². The van der Waals surface area contributed by atoms with Crippen molar-refractivity contribution in [2.45, 2.75) is 117 Å². The molecule has 0 aliphatic heterocycles. The Morgan fingerprint density at radius 1 is 0.537 bits per heavy atom. The number of rotatable bonds is 18. The van der Waals surface area contributed by atoms with E-state index in [4.69, 9.17) is 9.47 Å². The van der Waals surface area contributed by atoms with Crippen LogP contribution in [0.25, 0.3) is 22.3 Å². The van der Waals surface area contributed by atoms with E-state index >= 15 is 0 Å². The molecule has 0 fully saturated rings. The van der Waals surface area contributed by atoms with Gasteiger partial charge in [-0.15, -0.1) is 0 Å². The normalized spacial score (nSPS) is 13.3. The zero-order valence-electron chi connectivity index (χ0n) is 25.0. The average molecular weight is 569 g/mol. The van der Waals surface area contributed by atoms with Crippen LogP contribution in [-0.4, -0.2) is 18.4 Å². The number of benzene rings is 3. The molecule has 0 aliphatic rings. The van der Waals surface area contributed by atoms with Crippen molar-refractivity contribution in [3.05, 3.63) is 83.9 Å². The van der Waals surface area contributed by atoms with E-state index in [0.29, 0.717) is 13.0 Å². The van der Waals surface area contributed by atoms with Crippen LogP contribution >= 0.6 is 0 Å². The fraction of sp³-hybridized carbons (Fsp3) is 0.500. The van der Waals surface area contributed by atoms with Gasteiger partial charge in [-0.05, 0) is 53.1 Å².